The van der Waals surface area contributed by atoms with Gasteiger partial charge in [0.15, 0.2) is 6.10 Å². The van der Waals surface area contributed by atoms with Crippen molar-refractivity contribution >= 4 is 17.6 Å². The summed E-state index contributed by atoms with van der Waals surface area (Å²) in [5, 5.41) is 4.34. The highest BCUT2D eigenvalue weighted by Gasteiger charge is 2.40. The van der Waals surface area contributed by atoms with Crippen molar-refractivity contribution in [2.75, 3.05) is 20.5 Å². The second-order valence-corrected chi connectivity index (χ2v) is 10.7. The molecule has 0 bridgehead atoms. The maximum absolute atomic E-state index is 12.8. The van der Waals surface area contributed by atoms with Gasteiger partial charge < -0.3 is 14.0 Å². The fraction of sp³-hybridized carbons (Fsp3) is 0.464. The molecule has 7 nitrogen and oxygen atoms in total. The number of esters is 1. The quantitative estimate of drug-likeness (QED) is 0.313. The van der Waals surface area contributed by atoms with Crippen molar-refractivity contribution < 1.29 is 27.6 Å². The second kappa shape index (κ2) is 11.0. The van der Waals surface area contributed by atoms with Crippen molar-refractivity contribution in [3.05, 3.63) is 52.5 Å². The molecule has 1 aromatic heterocycles. The zero-order valence-electron chi connectivity index (χ0n) is 21.4. The van der Waals surface area contributed by atoms with Crippen molar-refractivity contribution in [2.45, 2.75) is 57.8 Å². The molecule has 202 valence electrons. The SMILES string of the molecule is COC(=O)C1(C)CCC(N2Cc3ccc(-c4noc(-c5ccc(OC(CF)CF)c(Cl)c5)n4)cc3C2)CC1. The molecule has 10 heteroatoms. The highest BCUT2D eigenvalue weighted by atomic mass is 35.5. The van der Waals surface area contributed by atoms with Crippen LogP contribution in [0.2, 0.25) is 5.02 Å². The number of carbonyl (C=O) groups excluding carboxylic acids is 1. The van der Waals surface area contributed by atoms with Crippen LogP contribution >= 0.6 is 11.6 Å². The van der Waals surface area contributed by atoms with Crippen molar-refractivity contribution in [2.24, 2.45) is 5.41 Å². The number of fused-ring (bicyclic) bond motifs is 1. The fourth-order valence-corrected chi connectivity index (χ4v) is 5.57. The largest absolute Gasteiger partial charge is 0.483 e. The Morgan fingerprint density at radius 1 is 1.13 bits per heavy atom. The molecule has 0 spiro atoms. The normalized spacial score (nSPS) is 21.5. The summed E-state index contributed by atoms with van der Waals surface area (Å²) in [5.41, 5.74) is 3.55. The van der Waals surface area contributed by atoms with E-state index in [2.05, 4.69) is 27.2 Å². The number of rotatable bonds is 8. The number of methoxy groups -OCH3 is 1. The maximum atomic E-state index is 12.8. The molecule has 1 saturated carbocycles. The van der Waals surface area contributed by atoms with Gasteiger partial charge in [-0.1, -0.05) is 28.9 Å². The minimum absolute atomic E-state index is 0.112. The first-order valence-corrected chi connectivity index (χ1v) is 13.1. The molecule has 2 aromatic carbocycles. The van der Waals surface area contributed by atoms with E-state index in [-0.39, 0.29) is 28.0 Å². The van der Waals surface area contributed by atoms with Crippen LogP contribution < -0.4 is 4.74 Å². The topological polar surface area (TPSA) is 77.7 Å². The van der Waals surface area contributed by atoms with Crippen LogP contribution in [0.25, 0.3) is 22.8 Å². The number of aromatic nitrogens is 2. The average Bonchev–Trinajstić information content (AvgIpc) is 3.59. The van der Waals surface area contributed by atoms with E-state index in [0.29, 0.717) is 17.4 Å². The zero-order chi connectivity index (χ0) is 26.9. The number of benzene rings is 2. The number of hydrogen-bond donors (Lipinski definition) is 0. The number of carbonyl (C=O) groups is 1. The van der Waals surface area contributed by atoms with Crippen LogP contribution in [0, 0.1) is 5.41 Å². The second-order valence-electron chi connectivity index (χ2n) is 10.3. The first-order valence-electron chi connectivity index (χ1n) is 12.7. The molecule has 1 aliphatic carbocycles. The molecule has 2 heterocycles. The third-order valence-electron chi connectivity index (χ3n) is 7.71. The lowest BCUT2D eigenvalue weighted by Gasteiger charge is -2.38. The number of alkyl halides is 2. The Morgan fingerprint density at radius 3 is 2.53 bits per heavy atom. The van der Waals surface area contributed by atoms with Crippen molar-refractivity contribution in [3.8, 4) is 28.6 Å². The Labute approximate surface area is 225 Å². The van der Waals surface area contributed by atoms with E-state index < -0.39 is 19.5 Å². The van der Waals surface area contributed by atoms with Gasteiger partial charge in [-0.05, 0) is 68.0 Å². The van der Waals surface area contributed by atoms with Gasteiger partial charge >= 0.3 is 5.97 Å². The van der Waals surface area contributed by atoms with E-state index in [9.17, 15) is 13.6 Å². The Kier molecular flexibility index (Phi) is 7.68. The molecular weight excluding hydrogens is 516 g/mol. The Morgan fingerprint density at radius 2 is 1.84 bits per heavy atom. The predicted octanol–water partition coefficient (Wildman–Crippen LogP) is 6.18. The third-order valence-corrected chi connectivity index (χ3v) is 8.00. The van der Waals surface area contributed by atoms with Gasteiger partial charge in [-0.15, -0.1) is 0 Å². The van der Waals surface area contributed by atoms with E-state index >= 15 is 0 Å². The first kappa shape index (κ1) is 26.6. The summed E-state index contributed by atoms with van der Waals surface area (Å²) >= 11 is 6.25. The van der Waals surface area contributed by atoms with Crippen molar-refractivity contribution in [1.82, 2.24) is 15.0 Å². The molecule has 0 saturated heterocycles. The Hall–Kier alpha value is -3.04. The van der Waals surface area contributed by atoms with Gasteiger partial charge in [-0.3, -0.25) is 9.69 Å². The molecule has 5 rings (SSSR count). The van der Waals surface area contributed by atoms with Gasteiger partial charge in [0.1, 0.15) is 19.1 Å². The lowest BCUT2D eigenvalue weighted by Crippen LogP contribution is -2.40. The van der Waals surface area contributed by atoms with Crippen LogP contribution in [-0.2, 0) is 22.6 Å². The first-order chi connectivity index (χ1) is 18.3. The third kappa shape index (κ3) is 5.27. The number of nitrogens with zero attached hydrogens (tertiary/aromatic N) is 3. The molecular formula is C28H30ClF2N3O4. The molecule has 0 atom stereocenters. The molecule has 0 N–H and O–H groups in total. The fourth-order valence-electron chi connectivity index (χ4n) is 5.34. The Bertz CT molecular complexity index is 1310. The highest BCUT2D eigenvalue weighted by Crippen LogP contribution is 2.41. The maximum Gasteiger partial charge on any atom is 0.311 e. The number of hydrogen-bond acceptors (Lipinski definition) is 7. The van der Waals surface area contributed by atoms with E-state index in [1.807, 2.05) is 13.0 Å². The molecule has 0 radical (unpaired) electrons. The van der Waals surface area contributed by atoms with Crippen LogP contribution in [0.15, 0.2) is 40.9 Å². The van der Waals surface area contributed by atoms with Crippen LogP contribution in [0.3, 0.4) is 0 Å². The lowest BCUT2D eigenvalue weighted by atomic mass is 9.73. The predicted molar refractivity (Wildman–Crippen MR) is 138 cm³/mol. The standard InChI is InChI=1S/C28H30ClF2N3O4/c1-28(27(35)36-2)9-7-21(8-10-28)34-15-19-4-3-17(11-20(19)16-34)25-32-26(38-33-25)18-5-6-24(23(29)12-18)37-22(13-30)14-31/h3-6,11-12,21-22H,7-10,13-16H2,1-2H3. The summed E-state index contributed by atoms with van der Waals surface area (Å²) in [7, 11) is 1.46. The summed E-state index contributed by atoms with van der Waals surface area (Å²) < 4.78 is 41.3. The van der Waals surface area contributed by atoms with Crippen LogP contribution in [0.5, 0.6) is 5.75 Å². The minimum Gasteiger partial charge on any atom is -0.483 e. The summed E-state index contributed by atoms with van der Waals surface area (Å²) in [6.45, 7) is 1.82. The van der Waals surface area contributed by atoms with E-state index in [0.717, 1.165) is 44.3 Å². The summed E-state index contributed by atoms with van der Waals surface area (Å²) in [4.78, 5) is 19.2. The smallest absolute Gasteiger partial charge is 0.311 e. The molecule has 0 unspecified atom stereocenters. The van der Waals surface area contributed by atoms with Crippen LogP contribution in [-0.4, -0.2) is 53.6 Å². The van der Waals surface area contributed by atoms with Crippen LogP contribution in [0.1, 0.15) is 43.7 Å². The highest BCUT2D eigenvalue weighted by molar-refractivity contribution is 6.32. The molecule has 1 fully saturated rings. The summed E-state index contributed by atoms with van der Waals surface area (Å²) in [6, 6.07) is 11.4. The van der Waals surface area contributed by atoms with Gasteiger partial charge in [-0.25, -0.2) is 8.78 Å². The molecule has 3 aromatic rings. The summed E-state index contributed by atoms with van der Waals surface area (Å²) in [5.74, 6) is 0.809. The molecule has 0 amide bonds. The van der Waals surface area contributed by atoms with Crippen molar-refractivity contribution in [3.63, 3.8) is 0 Å². The van der Waals surface area contributed by atoms with Crippen LogP contribution in [0.4, 0.5) is 8.78 Å². The van der Waals surface area contributed by atoms with Gasteiger partial charge in [0.05, 0.1) is 17.5 Å². The van der Waals surface area contributed by atoms with Gasteiger partial charge in [-0.2, -0.15) is 4.98 Å². The van der Waals surface area contributed by atoms with E-state index in [1.54, 1.807) is 12.1 Å². The molecule has 2 aliphatic rings. The lowest BCUT2D eigenvalue weighted by molar-refractivity contribution is -0.154. The molecule has 1 aliphatic heterocycles. The number of ether oxygens (including phenoxy) is 2. The average molecular weight is 546 g/mol. The zero-order valence-corrected chi connectivity index (χ0v) is 22.1. The Balaban J connectivity index is 1.26. The number of halogens is 3. The van der Waals surface area contributed by atoms with E-state index in [4.69, 9.17) is 25.6 Å². The molecule has 38 heavy (non-hydrogen) atoms. The van der Waals surface area contributed by atoms with Crippen molar-refractivity contribution in [1.29, 1.82) is 0 Å². The minimum atomic E-state index is -1.19. The van der Waals surface area contributed by atoms with Gasteiger partial charge in [0.25, 0.3) is 5.89 Å². The van der Waals surface area contributed by atoms with Gasteiger partial charge in [0, 0.05) is 30.3 Å². The summed E-state index contributed by atoms with van der Waals surface area (Å²) in [6.07, 6.45) is 2.40. The van der Waals surface area contributed by atoms with E-state index in [1.165, 1.54) is 24.3 Å². The monoisotopic (exact) mass is 545 g/mol. The van der Waals surface area contributed by atoms with Gasteiger partial charge in [0.2, 0.25) is 5.82 Å².